The summed E-state index contributed by atoms with van der Waals surface area (Å²) in [7, 11) is 5.97. The van der Waals surface area contributed by atoms with Crippen LogP contribution in [0.25, 0.3) is 0 Å². The molecule has 1 atom stereocenters. The van der Waals surface area contributed by atoms with E-state index in [1.54, 1.807) is 24.3 Å². The molecule has 4 rings (SSSR count). The Morgan fingerprint density at radius 1 is 1.03 bits per heavy atom. The molecule has 7 heteroatoms. The molecule has 2 N–H and O–H groups in total. The van der Waals surface area contributed by atoms with Gasteiger partial charge in [0.1, 0.15) is 0 Å². The topological polar surface area (TPSA) is 64.7 Å². The van der Waals surface area contributed by atoms with Crippen molar-refractivity contribution < 1.29 is 9.59 Å². The van der Waals surface area contributed by atoms with E-state index >= 15 is 0 Å². The third-order valence-corrected chi connectivity index (χ3v) is 6.82. The van der Waals surface area contributed by atoms with E-state index in [0.717, 1.165) is 35.3 Å². The van der Waals surface area contributed by atoms with Crippen LogP contribution in [0.1, 0.15) is 50.7 Å². The minimum absolute atomic E-state index is 0.151. The lowest BCUT2D eigenvalue weighted by atomic mass is 10.0. The highest BCUT2D eigenvalue weighted by Crippen LogP contribution is 2.37. The van der Waals surface area contributed by atoms with Crippen molar-refractivity contribution in [2.75, 3.05) is 42.8 Å². The van der Waals surface area contributed by atoms with Crippen LogP contribution in [0.15, 0.2) is 60.7 Å². The highest BCUT2D eigenvalue weighted by Gasteiger charge is 2.28. The lowest BCUT2D eigenvalue weighted by Gasteiger charge is -2.26. The van der Waals surface area contributed by atoms with Crippen LogP contribution < -0.4 is 20.4 Å². The van der Waals surface area contributed by atoms with Gasteiger partial charge in [0, 0.05) is 49.3 Å². The number of fused-ring (bicyclic) bond motifs is 1. The van der Waals surface area contributed by atoms with Gasteiger partial charge in [-0.15, -0.1) is 0 Å². The van der Waals surface area contributed by atoms with Gasteiger partial charge < -0.3 is 20.4 Å². The molecule has 0 aliphatic carbocycles. The molecule has 0 saturated carbocycles. The summed E-state index contributed by atoms with van der Waals surface area (Å²) in [6.45, 7) is 2.50. The van der Waals surface area contributed by atoms with Gasteiger partial charge in [0.25, 0.3) is 11.8 Å². The number of hydrogen-bond donors (Lipinski definition) is 2. The summed E-state index contributed by atoms with van der Waals surface area (Å²) in [4.78, 5) is 30.2. The monoisotopic (exact) mass is 490 g/mol. The Morgan fingerprint density at radius 3 is 2.49 bits per heavy atom. The van der Waals surface area contributed by atoms with Crippen molar-refractivity contribution >= 4 is 40.5 Å². The minimum atomic E-state index is -0.213. The Morgan fingerprint density at radius 2 is 1.80 bits per heavy atom. The van der Waals surface area contributed by atoms with Gasteiger partial charge in [0.2, 0.25) is 0 Å². The van der Waals surface area contributed by atoms with Crippen LogP contribution in [0.4, 0.5) is 17.1 Å². The first kappa shape index (κ1) is 24.8. The Hall–Kier alpha value is -3.35. The van der Waals surface area contributed by atoms with Crippen LogP contribution in [0.5, 0.6) is 0 Å². The van der Waals surface area contributed by atoms with E-state index in [4.69, 9.17) is 11.6 Å². The van der Waals surface area contributed by atoms with Gasteiger partial charge in [-0.2, -0.15) is 0 Å². The number of anilines is 3. The molecule has 3 aromatic rings. The summed E-state index contributed by atoms with van der Waals surface area (Å²) in [5, 5.41) is 6.58. The standard InChI is InChI=1S/C28H31ClN4O2/c1-18-8-5-6-9-21(18)27(34)31-19-11-13-22(24(29)16-19)28(35)33-15-7-10-25(30-2)23-17-20(32(3)4)12-14-26(23)33/h5-6,8-9,11-14,16-17,25,30H,7,10,15H2,1-4H3,(H,31,34). The van der Waals surface area contributed by atoms with Crippen molar-refractivity contribution in [1.29, 1.82) is 0 Å². The average Bonchev–Trinajstić information content (AvgIpc) is 3.02. The summed E-state index contributed by atoms with van der Waals surface area (Å²) in [6.07, 6.45) is 1.80. The second kappa shape index (κ2) is 10.5. The number of carbonyl (C=O) groups excluding carboxylic acids is 2. The van der Waals surface area contributed by atoms with E-state index in [1.165, 1.54) is 0 Å². The van der Waals surface area contributed by atoms with Gasteiger partial charge in [0.15, 0.2) is 0 Å². The smallest absolute Gasteiger partial charge is 0.259 e. The van der Waals surface area contributed by atoms with Crippen molar-refractivity contribution in [2.45, 2.75) is 25.8 Å². The van der Waals surface area contributed by atoms with Gasteiger partial charge in [-0.1, -0.05) is 29.8 Å². The fourth-order valence-electron chi connectivity index (χ4n) is 4.52. The Balaban J connectivity index is 1.62. The number of hydrogen-bond acceptors (Lipinski definition) is 4. The quantitative estimate of drug-likeness (QED) is 0.483. The van der Waals surface area contributed by atoms with Gasteiger partial charge in [-0.3, -0.25) is 9.59 Å². The van der Waals surface area contributed by atoms with Crippen LogP contribution in [0.3, 0.4) is 0 Å². The van der Waals surface area contributed by atoms with Gasteiger partial charge in [-0.05, 0) is 80.4 Å². The van der Waals surface area contributed by atoms with Crippen molar-refractivity contribution in [3.63, 3.8) is 0 Å². The number of amides is 2. The van der Waals surface area contributed by atoms with E-state index < -0.39 is 0 Å². The molecule has 1 unspecified atom stereocenters. The summed E-state index contributed by atoms with van der Waals surface area (Å²) < 4.78 is 0. The average molecular weight is 491 g/mol. The third-order valence-electron chi connectivity index (χ3n) is 6.51. The predicted molar refractivity (Wildman–Crippen MR) is 144 cm³/mol. The summed E-state index contributed by atoms with van der Waals surface area (Å²) in [5.74, 6) is -0.364. The van der Waals surface area contributed by atoms with Crippen LogP contribution in [-0.4, -0.2) is 39.5 Å². The van der Waals surface area contributed by atoms with E-state index in [9.17, 15) is 9.59 Å². The van der Waals surface area contributed by atoms with E-state index in [0.29, 0.717) is 28.4 Å². The SMILES string of the molecule is CNC1CCCN(C(=O)c2ccc(NC(=O)c3ccccc3C)cc2Cl)c2ccc(N(C)C)cc21. The molecule has 6 nitrogen and oxygen atoms in total. The number of aryl methyl sites for hydroxylation is 1. The molecule has 0 aromatic heterocycles. The number of halogens is 1. The molecule has 3 aromatic carbocycles. The summed E-state index contributed by atoms with van der Waals surface area (Å²) in [6, 6.07) is 18.8. The van der Waals surface area contributed by atoms with Crippen LogP contribution >= 0.6 is 11.6 Å². The first-order chi connectivity index (χ1) is 16.8. The summed E-state index contributed by atoms with van der Waals surface area (Å²) >= 11 is 6.58. The van der Waals surface area contributed by atoms with Crippen LogP contribution in [0.2, 0.25) is 5.02 Å². The van der Waals surface area contributed by atoms with Gasteiger partial charge >= 0.3 is 0 Å². The second-order valence-corrected chi connectivity index (χ2v) is 9.45. The van der Waals surface area contributed by atoms with E-state index in [-0.39, 0.29) is 17.9 Å². The Kier molecular flexibility index (Phi) is 7.43. The third kappa shape index (κ3) is 5.19. The van der Waals surface area contributed by atoms with Crippen molar-refractivity contribution in [2.24, 2.45) is 0 Å². The van der Waals surface area contributed by atoms with E-state index in [2.05, 4.69) is 21.6 Å². The molecule has 2 amide bonds. The number of nitrogens with one attached hydrogen (secondary N) is 2. The lowest BCUT2D eigenvalue weighted by Crippen LogP contribution is -2.32. The normalized spacial score (nSPS) is 15.2. The molecule has 0 saturated heterocycles. The maximum atomic E-state index is 13.7. The molecule has 1 aliphatic heterocycles. The molecule has 182 valence electrons. The molecular formula is C28H31ClN4O2. The second-order valence-electron chi connectivity index (χ2n) is 9.04. The highest BCUT2D eigenvalue weighted by molar-refractivity contribution is 6.35. The van der Waals surface area contributed by atoms with Crippen LogP contribution in [-0.2, 0) is 0 Å². The number of nitrogens with zero attached hydrogens (tertiary/aromatic N) is 2. The Bertz CT molecular complexity index is 1260. The largest absolute Gasteiger partial charge is 0.378 e. The zero-order valence-corrected chi connectivity index (χ0v) is 21.3. The van der Waals surface area contributed by atoms with Crippen molar-refractivity contribution in [1.82, 2.24) is 5.32 Å². The minimum Gasteiger partial charge on any atom is -0.378 e. The highest BCUT2D eigenvalue weighted by atomic mass is 35.5. The fourth-order valence-corrected chi connectivity index (χ4v) is 4.78. The van der Waals surface area contributed by atoms with Gasteiger partial charge in [-0.25, -0.2) is 0 Å². The molecule has 0 radical (unpaired) electrons. The molecule has 1 aliphatic rings. The van der Waals surface area contributed by atoms with Gasteiger partial charge in [0.05, 0.1) is 10.6 Å². The molecule has 0 spiro atoms. The fraction of sp³-hybridized carbons (Fsp3) is 0.286. The maximum absolute atomic E-state index is 13.7. The molecule has 35 heavy (non-hydrogen) atoms. The first-order valence-corrected chi connectivity index (χ1v) is 12.1. The molecular weight excluding hydrogens is 460 g/mol. The first-order valence-electron chi connectivity index (χ1n) is 11.8. The number of benzene rings is 3. The number of rotatable bonds is 5. The van der Waals surface area contributed by atoms with Crippen molar-refractivity contribution in [3.05, 3.63) is 87.9 Å². The van der Waals surface area contributed by atoms with Crippen LogP contribution in [0, 0.1) is 6.92 Å². The lowest BCUT2D eigenvalue weighted by molar-refractivity contribution is 0.0986. The predicted octanol–water partition coefficient (Wildman–Crippen LogP) is 5.67. The molecule has 0 bridgehead atoms. The van der Waals surface area contributed by atoms with Crippen molar-refractivity contribution in [3.8, 4) is 0 Å². The van der Waals surface area contributed by atoms with E-state index in [1.807, 2.05) is 63.3 Å². The number of carbonyl (C=O) groups is 2. The Labute approximate surface area is 211 Å². The molecule has 1 heterocycles. The zero-order valence-electron chi connectivity index (χ0n) is 20.6. The maximum Gasteiger partial charge on any atom is 0.259 e. The zero-order chi connectivity index (χ0) is 25.1. The molecule has 0 fully saturated rings. The summed E-state index contributed by atoms with van der Waals surface area (Å²) in [5.41, 5.74) is 5.52.